The van der Waals surface area contributed by atoms with Crippen LogP contribution in [0.15, 0.2) is 6.33 Å². The number of methoxy groups -OCH3 is 1. The van der Waals surface area contributed by atoms with Crippen molar-refractivity contribution in [3.8, 4) is 5.19 Å². The average Bonchev–Trinajstić information content (AvgIpc) is 2.82. The van der Waals surface area contributed by atoms with Gasteiger partial charge in [0.25, 0.3) is 5.19 Å². The van der Waals surface area contributed by atoms with E-state index in [0.29, 0.717) is 16.7 Å². The van der Waals surface area contributed by atoms with Crippen LogP contribution < -0.4 is 10.1 Å². The van der Waals surface area contributed by atoms with Gasteiger partial charge in [-0.3, -0.25) is 0 Å². The number of fused-ring (bicyclic) bond motifs is 1. The number of hydrogen-bond donors (Lipinski definition) is 2. The van der Waals surface area contributed by atoms with E-state index in [4.69, 9.17) is 4.74 Å². The predicted molar refractivity (Wildman–Crippen MR) is 71.2 cm³/mol. The van der Waals surface area contributed by atoms with Crippen molar-refractivity contribution in [1.29, 1.82) is 0 Å². The Bertz CT molecular complexity index is 517. The first-order chi connectivity index (χ1) is 8.78. The van der Waals surface area contributed by atoms with Crippen LogP contribution in [0.3, 0.4) is 0 Å². The van der Waals surface area contributed by atoms with Gasteiger partial charge in [0.15, 0.2) is 5.65 Å². The molecule has 0 aliphatic heterocycles. The first-order valence-corrected chi connectivity index (χ1v) is 6.63. The van der Waals surface area contributed by atoms with Gasteiger partial charge in [-0.15, -0.1) is 0 Å². The van der Waals surface area contributed by atoms with Gasteiger partial charge in [-0.25, -0.2) is 9.97 Å². The standard InChI is InChI=1S/C11H16N4O2S/c1-3-4-7(5-16)14-9-8-10(13-6-12-9)15-11(17-2)18-8/h6-7,16H,3-5H2,1-2H3,(H,12,13,14)/t7-/m1/s1. The molecule has 2 N–H and O–H groups in total. The normalized spacial score (nSPS) is 12.6. The summed E-state index contributed by atoms with van der Waals surface area (Å²) in [5.41, 5.74) is 0.613. The van der Waals surface area contributed by atoms with Crippen LogP contribution in [0.4, 0.5) is 5.82 Å². The molecule has 0 saturated carbocycles. The van der Waals surface area contributed by atoms with Crippen LogP contribution in [0, 0.1) is 0 Å². The monoisotopic (exact) mass is 268 g/mol. The van der Waals surface area contributed by atoms with Crippen LogP contribution in [0.25, 0.3) is 10.3 Å². The van der Waals surface area contributed by atoms with E-state index in [-0.39, 0.29) is 12.6 Å². The SMILES string of the molecule is CCC[C@H](CO)Nc1ncnc2nc(OC)sc12. The molecule has 2 heterocycles. The number of rotatable bonds is 6. The maximum atomic E-state index is 9.30. The highest BCUT2D eigenvalue weighted by molar-refractivity contribution is 7.20. The van der Waals surface area contributed by atoms with Gasteiger partial charge in [0, 0.05) is 0 Å². The summed E-state index contributed by atoms with van der Waals surface area (Å²) in [7, 11) is 1.58. The lowest BCUT2D eigenvalue weighted by Gasteiger charge is -2.15. The fraction of sp³-hybridized carbons (Fsp3) is 0.545. The first-order valence-electron chi connectivity index (χ1n) is 5.81. The number of aliphatic hydroxyl groups excluding tert-OH is 1. The fourth-order valence-electron chi connectivity index (χ4n) is 1.68. The van der Waals surface area contributed by atoms with Crippen LogP contribution in [0.2, 0.25) is 0 Å². The number of thiazole rings is 1. The summed E-state index contributed by atoms with van der Waals surface area (Å²) in [6.45, 7) is 2.16. The van der Waals surface area contributed by atoms with Gasteiger partial charge in [-0.05, 0) is 6.42 Å². The molecule has 0 saturated heterocycles. The molecular weight excluding hydrogens is 252 g/mol. The van der Waals surface area contributed by atoms with Crippen molar-refractivity contribution in [2.75, 3.05) is 19.0 Å². The van der Waals surface area contributed by atoms with Crippen molar-refractivity contribution in [2.45, 2.75) is 25.8 Å². The topological polar surface area (TPSA) is 80.2 Å². The Morgan fingerprint density at radius 2 is 2.33 bits per heavy atom. The Morgan fingerprint density at radius 1 is 1.50 bits per heavy atom. The number of nitrogens with one attached hydrogen (secondary N) is 1. The number of ether oxygens (including phenoxy) is 1. The van der Waals surface area contributed by atoms with Crippen LogP contribution in [0.1, 0.15) is 19.8 Å². The third-order valence-electron chi connectivity index (χ3n) is 2.54. The van der Waals surface area contributed by atoms with Gasteiger partial charge in [0.05, 0.1) is 19.8 Å². The molecule has 0 spiro atoms. The fourth-order valence-corrected chi connectivity index (χ4v) is 2.46. The average molecular weight is 268 g/mol. The van der Waals surface area contributed by atoms with Crippen molar-refractivity contribution in [1.82, 2.24) is 15.0 Å². The molecule has 2 rings (SSSR count). The lowest BCUT2D eigenvalue weighted by Crippen LogP contribution is -2.24. The molecule has 18 heavy (non-hydrogen) atoms. The summed E-state index contributed by atoms with van der Waals surface area (Å²) in [4.78, 5) is 12.5. The minimum absolute atomic E-state index is 0.00111. The van der Waals surface area contributed by atoms with Gasteiger partial charge in [-0.1, -0.05) is 24.7 Å². The lowest BCUT2D eigenvalue weighted by molar-refractivity contribution is 0.268. The van der Waals surface area contributed by atoms with E-state index in [1.165, 1.54) is 17.7 Å². The summed E-state index contributed by atoms with van der Waals surface area (Å²) in [5, 5.41) is 13.1. The van der Waals surface area contributed by atoms with E-state index >= 15 is 0 Å². The Labute approximate surface area is 109 Å². The van der Waals surface area contributed by atoms with Gasteiger partial charge >= 0.3 is 0 Å². The molecule has 7 heteroatoms. The Kier molecular flexibility index (Phi) is 4.27. The highest BCUT2D eigenvalue weighted by atomic mass is 32.1. The van der Waals surface area contributed by atoms with E-state index in [2.05, 4.69) is 27.2 Å². The molecule has 0 amide bonds. The lowest BCUT2D eigenvalue weighted by atomic mass is 10.2. The van der Waals surface area contributed by atoms with E-state index in [9.17, 15) is 5.11 Å². The van der Waals surface area contributed by atoms with Gasteiger partial charge < -0.3 is 15.2 Å². The molecule has 0 aliphatic rings. The minimum Gasteiger partial charge on any atom is -0.473 e. The van der Waals surface area contributed by atoms with Crippen molar-refractivity contribution in [3.05, 3.63) is 6.33 Å². The van der Waals surface area contributed by atoms with Crippen LogP contribution in [-0.2, 0) is 0 Å². The summed E-state index contributed by atoms with van der Waals surface area (Å²) >= 11 is 1.39. The second-order valence-corrected chi connectivity index (χ2v) is 4.83. The molecule has 6 nitrogen and oxygen atoms in total. The minimum atomic E-state index is 0.00111. The molecule has 0 bridgehead atoms. The second kappa shape index (κ2) is 5.92. The highest BCUT2D eigenvalue weighted by Gasteiger charge is 2.13. The molecule has 1 atom stereocenters. The molecular formula is C11H16N4O2S. The molecule has 0 fully saturated rings. The Morgan fingerprint density at radius 3 is 3.00 bits per heavy atom. The molecule has 0 unspecified atom stereocenters. The number of hydrogen-bond acceptors (Lipinski definition) is 7. The van der Waals surface area contributed by atoms with Gasteiger partial charge in [0.1, 0.15) is 16.8 Å². The van der Waals surface area contributed by atoms with Crippen molar-refractivity contribution < 1.29 is 9.84 Å². The van der Waals surface area contributed by atoms with E-state index in [1.807, 2.05) is 0 Å². The highest BCUT2D eigenvalue weighted by Crippen LogP contribution is 2.30. The molecule has 0 aliphatic carbocycles. The Hall–Kier alpha value is -1.47. The summed E-state index contributed by atoms with van der Waals surface area (Å²) < 4.78 is 5.95. The summed E-state index contributed by atoms with van der Waals surface area (Å²) in [6, 6.07) is 0.00111. The quantitative estimate of drug-likeness (QED) is 0.829. The first kappa shape index (κ1) is 13.0. The summed E-state index contributed by atoms with van der Waals surface area (Å²) in [5.74, 6) is 0.702. The third-order valence-corrected chi connectivity index (χ3v) is 3.56. The zero-order valence-corrected chi connectivity index (χ0v) is 11.2. The van der Waals surface area contributed by atoms with Crippen LogP contribution in [0.5, 0.6) is 5.19 Å². The number of nitrogens with zero attached hydrogens (tertiary/aromatic N) is 3. The maximum absolute atomic E-state index is 9.30. The number of aromatic nitrogens is 3. The van der Waals surface area contributed by atoms with Crippen molar-refractivity contribution in [2.24, 2.45) is 0 Å². The molecule has 0 radical (unpaired) electrons. The van der Waals surface area contributed by atoms with Gasteiger partial charge in [-0.2, -0.15) is 4.98 Å². The second-order valence-electron chi connectivity index (χ2n) is 3.87. The van der Waals surface area contributed by atoms with E-state index in [0.717, 1.165) is 17.5 Å². The van der Waals surface area contributed by atoms with E-state index in [1.54, 1.807) is 7.11 Å². The molecule has 2 aromatic heterocycles. The van der Waals surface area contributed by atoms with Crippen LogP contribution in [-0.4, -0.2) is 39.8 Å². The number of aliphatic hydroxyl groups is 1. The summed E-state index contributed by atoms with van der Waals surface area (Å²) in [6.07, 6.45) is 3.35. The Balaban J connectivity index is 2.29. The molecule has 2 aromatic rings. The largest absolute Gasteiger partial charge is 0.473 e. The third kappa shape index (κ3) is 2.68. The predicted octanol–water partition coefficient (Wildman–Crippen LogP) is 1.67. The smallest absolute Gasteiger partial charge is 0.275 e. The zero-order chi connectivity index (χ0) is 13.0. The van der Waals surface area contributed by atoms with Gasteiger partial charge in [0.2, 0.25) is 0 Å². The zero-order valence-electron chi connectivity index (χ0n) is 10.4. The number of anilines is 1. The van der Waals surface area contributed by atoms with Crippen LogP contribution >= 0.6 is 11.3 Å². The molecule has 0 aromatic carbocycles. The van der Waals surface area contributed by atoms with Crippen molar-refractivity contribution >= 4 is 27.5 Å². The maximum Gasteiger partial charge on any atom is 0.275 e. The molecule has 98 valence electrons. The van der Waals surface area contributed by atoms with Crippen molar-refractivity contribution in [3.63, 3.8) is 0 Å². The van der Waals surface area contributed by atoms with E-state index < -0.39 is 0 Å².